The van der Waals surface area contributed by atoms with E-state index < -0.39 is 17.7 Å². The van der Waals surface area contributed by atoms with Crippen molar-refractivity contribution in [3.8, 4) is 0 Å². The maximum Gasteiger partial charge on any atom is 0.163 e. The Morgan fingerprint density at radius 3 is 2.42 bits per heavy atom. The van der Waals surface area contributed by atoms with Crippen LogP contribution in [0.25, 0.3) is 0 Å². The Balaban J connectivity index is 2.50. The largest absolute Gasteiger partial charge is 0.309 e. The SMILES string of the molecule is CNC(c1ccc(Cl)c(Cl)c1)c1cccc(F)c1F. The smallest absolute Gasteiger partial charge is 0.163 e. The van der Waals surface area contributed by atoms with Crippen molar-refractivity contribution >= 4 is 23.2 Å². The predicted octanol–water partition coefficient (Wildman–Crippen LogP) is 4.58. The normalized spacial score (nSPS) is 12.5. The summed E-state index contributed by atoms with van der Waals surface area (Å²) in [6.07, 6.45) is 0. The minimum atomic E-state index is -0.877. The third-order valence-electron chi connectivity index (χ3n) is 2.86. The highest BCUT2D eigenvalue weighted by atomic mass is 35.5. The highest BCUT2D eigenvalue weighted by Gasteiger charge is 2.19. The van der Waals surface area contributed by atoms with Gasteiger partial charge in [-0.05, 0) is 30.8 Å². The Morgan fingerprint density at radius 1 is 1.05 bits per heavy atom. The van der Waals surface area contributed by atoms with Crippen LogP contribution in [-0.4, -0.2) is 7.05 Å². The molecule has 0 aliphatic heterocycles. The molecule has 0 aliphatic rings. The second-order valence-electron chi connectivity index (χ2n) is 4.04. The van der Waals surface area contributed by atoms with Crippen LogP contribution in [0.5, 0.6) is 0 Å². The molecule has 0 aromatic heterocycles. The highest BCUT2D eigenvalue weighted by molar-refractivity contribution is 6.42. The third kappa shape index (κ3) is 2.89. The summed E-state index contributed by atoms with van der Waals surface area (Å²) >= 11 is 11.8. The standard InChI is InChI=1S/C14H11Cl2F2N/c1-19-14(8-5-6-10(15)11(16)7-8)9-3-2-4-12(17)13(9)18/h2-7,14,19H,1H3. The summed E-state index contributed by atoms with van der Waals surface area (Å²) in [7, 11) is 1.66. The monoisotopic (exact) mass is 301 g/mol. The number of nitrogens with one attached hydrogen (secondary N) is 1. The van der Waals surface area contributed by atoms with Crippen LogP contribution in [0.2, 0.25) is 10.0 Å². The summed E-state index contributed by atoms with van der Waals surface area (Å²) in [5.74, 6) is -1.74. The van der Waals surface area contributed by atoms with E-state index in [1.165, 1.54) is 12.1 Å². The Hall–Kier alpha value is -1.16. The van der Waals surface area contributed by atoms with E-state index in [9.17, 15) is 8.78 Å². The van der Waals surface area contributed by atoms with E-state index in [0.29, 0.717) is 15.6 Å². The molecule has 2 aromatic carbocycles. The lowest BCUT2D eigenvalue weighted by molar-refractivity contribution is 0.487. The van der Waals surface area contributed by atoms with E-state index in [1.807, 2.05) is 0 Å². The molecule has 1 N–H and O–H groups in total. The van der Waals surface area contributed by atoms with E-state index in [-0.39, 0.29) is 5.56 Å². The Morgan fingerprint density at radius 2 is 1.79 bits per heavy atom. The molecule has 0 radical (unpaired) electrons. The highest BCUT2D eigenvalue weighted by Crippen LogP contribution is 2.30. The molecule has 1 atom stereocenters. The van der Waals surface area contributed by atoms with Gasteiger partial charge in [0.05, 0.1) is 16.1 Å². The fourth-order valence-corrected chi connectivity index (χ4v) is 2.24. The fourth-order valence-electron chi connectivity index (χ4n) is 1.94. The Kier molecular flexibility index (Phi) is 4.40. The summed E-state index contributed by atoms with van der Waals surface area (Å²) in [4.78, 5) is 0. The molecule has 0 heterocycles. The zero-order valence-electron chi connectivity index (χ0n) is 10.1. The zero-order valence-corrected chi connectivity index (χ0v) is 11.6. The molecule has 0 amide bonds. The zero-order chi connectivity index (χ0) is 14.0. The molecule has 0 bridgehead atoms. The van der Waals surface area contributed by atoms with Crippen molar-refractivity contribution in [2.45, 2.75) is 6.04 Å². The van der Waals surface area contributed by atoms with Crippen LogP contribution >= 0.6 is 23.2 Å². The molecule has 100 valence electrons. The van der Waals surface area contributed by atoms with Crippen LogP contribution in [0.1, 0.15) is 17.2 Å². The van der Waals surface area contributed by atoms with Gasteiger partial charge in [0.1, 0.15) is 0 Å². The molecule has 1 unspecified atom stereocenters. The molecule has 0 fully saturated rings. The Labute approximate surface area is 120 Å². The van der Waals surface area contributed by atoms with Gasteiger partial charge >= 0.3 is 0 Å². The average Bonchev–Trinajstić information content (AvgIpc) is 2.39. The maximum absolute atomic E-state index is 13.8. The molecule has 0 saturated heterocycles. The molecule has 19 heavy (non-hydrogen) atoms. The van der Waals surface area contributed by atoms with Gasteiger partial charge in [-0.2, -0.15) is 0 Å². The van der Waals surface area contributed by atoms with Gasteiger partial charge in [-0.25, -0.2) is 8.78 Å². The van der Waals surface area contributed by atoms with Crippen molar-refractivity contribution in [3.05, 3.63) is 69.2 Å². The first kappa shape index (κ1) is 14.3. The number of rotatable bonds is 3. The van der Waals surface area contributed by atoms with Gasteiger partial charge in [0.2, 0.25) is 0 Å². The minimum Gasteiger partial charge on any atom is -0.309 e. The molecular formula is C14H11Cl2F2N. The molecule has 2 aromatic rings. The van der Waals surface area contributed by atoms with Gasteiger partial charge < -0.3 is 5.32 Å². The molecule has 2 rings (SSSR count). The number of halogens is 4. The second-order valence-corrected chi connectivity index (χ2v) is 4.85. The van der Waals surface area contributed by atoms with Crippen LogP contribution < -0.4 is 5.32 Å². The molecule has 0 spiro atoms. The molecule has 5 heteroatoms. The van der Waals surface area contributed by atoms with Crippen LogP contribution in [0.15, 0.2) is 36.4 Å². The number of benzene rings is 2. The first-order chi connectivity index (χ1) is 9.04. The molecule has 0 aliphatic carbocycles. The average molecular weight is 302 g/mol. The van der Waals surface area contributed by atoms with Crippen molar-refractivity contribution in [1.29, 1.82) is 0 Å². The van der Waals surface area contributed by atoms with E-state index in [4.69, 9.17) is 23.2 Å². The topological polar surface area (TPSA) is 12.0 Å². The number of hydrogen-bond acceptors (Lipinski definition) is 1. The fraction of sp³-hybridized carbons (Fsp3) is 0.143. The quantitative estimate of drug-likeness (QED) is 0.875. The third-order valence-corrected chi connectivity index (χ3v) is 3.60. The van der Waals surface area contributed by atoms with Crippen molar-refractivity contribution in [2.75, 3.05) is 7.05 Å². The summed E-state index contributed by atoms with van der Waals surface area (Å²) in [5.41, 5.74) is 0.933. The van der Waals surface area contributed by atoms with Gasteiger partial charge in [-0.3, -0.25) is 0 Å². The van der Waals surface area contributed by atoms with Crippen LogP contribution in [-0.2, 0) is 0 Å². The first-order valence-corrected chi connectivity index (χ1v) is 6.36. The van der Waals surface area contributed by atoms with Gasteiger partial charge in [-0.1, -0.05) is 41.4 Å². The maximum atomic E-state index is 13.8. The summed E-state index contributed by atoms with van der Waals surface area (Å²) in [6, 6.07) is 8.57. The van der Waals surface area contributed by atoms with Gasteiger partial charge in [-0.15, -0.1) is 0 Å². The lowest BCUT2D eigenvalue weighted by Crippen LogP contribution is -2.19. The van der Waals surface area contributed by atoms with Crippen molar-refractivity contribution < 1.29 is 8.78 Å². The predicted molar refractivity (Wildman–Crippen MR) is 73.7 cm³/mol. The van der Waals surface area contributed by atoms with Gasteiger partial charge in [0.25, 0.3) is 0 Å². The van der Waals surface area contributed by atoms with Crippen LogP contribution in [0.4, 0.5) is 8.78 Å². The van der Waals surface area contributed by atoms with E-state index >= 15 is 0 Å². The molecule has 1 nitrogen and oxygen atoms in total. The molecule has 0 saturated carbocycles. The van der Waals surface area contributed by atoms with E-state index in [0.717, 1.165) is 6.07 Å². The minimum absolute atomic E-state index is 0.223. The van der Waals surface area contributed by atoms with Crippen LogP contribution in [0.3, 0.4) is 0 Å². The Bertz CT molecular complexity index is 602. The summed E-state index contributed by atoms with van der Waals surface area (Å²) in [6.45, 7) is 0. The van der Waals surface area contributed by atoms with Crippen molar-refractivity contribution in [2.24, 2.45) is 0 Å². The van der Waals surface area contributed by atoms with E-state index in [2.05, 4.69) is 5.32 Å². The van der Waals surface area contributed by atoms with Crippen molar-refractivity contribution in [3.63, 3.8) is 0 Å². The van der Waals surface area contributed by atoms with Crippen LogP contribution in [0, 0.1) is 11.6 Å². The molecular weight excluding hydrogens is 291 g/mol. The summed E-state index contributed by atoms with van der Waals surface area (Å²) < 4.78 is 27.1. The van der Waals surface area contributed by atoms with Crippen molar-refractivity contribution in [1.82, 2.24) is 5.32 Å². The second kappa shape index (κ2) is 5.87. The van der Waals surface area contributed by atoms with Gasteiger partial charge in [0.15, 0.2) is 11.6 Å². The van der Waals surface area contributed by atoms with E-state index in [1.54, 1.807) is 25.2 Å². The van der Waals surface area contributed by atoms with Gasteiger partial charge in [0, 0.05) is 5.56 Å². The summed E-state index contributed by atoms with van der Waals surface area (Å²) in [5, 5.41) is 3.73. The number of hydrogen-bond donors (Lipinski definition) is 1. The lowest BCUT2D eigenvalue weighted by atomic mass is 9.98. The lowest BCUT2D eigenvalue weighted by Gasteiger charge is -2.18. The first-order valence-electron chi connectivity index (χ1n) is 5.60.